The third kappa shape index (κ3) is 2.63. The van der Waals surface area contributed by atoms with Crippen LogP contribution in [0.4, 0.5) is 4.79 Å². The van der Waals surface area contributed by atoms with Crippen molar-refractivity contribution in [2.45, 2.75) is 36.7 Å². The van der Waals surface area contributed by atoms with Gasteiger partial charge in [0.2, 0.25) is 0 Å². The summed E-state index contributed by atoms with van der Waals surface area (Å²) < 4.78 is 5.34. The normalized spacial score (nSPS) is 39.5. The maximum atomic E-state index is 11.6. The van der Waals surface area contributed by atoms with Crippen LogP contribution in [0.15, 0.2) is 4.99 Å². The zero-order valence-electron chi connectivity index (χ0n) is 11.2. The Kier molecular flexibility index (Phi) is 5.39. The lowest BCUT2D eigenvalue weighted by atomic mass is 10.1. The molecule has 22 heavy (non-hydrogen) atoms. The highest BCUT2D eigenvalue weighted by Gasteiger charge is 2.51. The lowest BCUT2D eigenvalue weighted by Gasteiger charge is -2.35. The molecule has 3 aliphatic heterocycles. The maximum absolute atomic E-state index is 11.6. The first-order chi connectivity index (χ1) is 9.52. The number of nitrogens with one attached hydrogen (secondary N) is 2. The Morgan fingerprint density at radius 3 is 2.55 bits per heavy atom. The van der Waals surface area contributed by atoms with E-state index in [0.29, 0.717) is 0 Å². The second kappa shape index (κ2) is 6.51. The molecule has 0 aromatic rings. The number of aliphatic imine (C=N–C) groups is 1. The fourth-order valence-corrected chi connectivity index (χ4v) is 2.54. The summed E-state index contributed by atoms with van der Waals surface area (Å²) >= 11 is 0. The molecule has 0 aromatic heterocycles. The van der Waals surface area contributed by atoms with Gasteiger partial charge < -0.3 is 41.2 Å². The van der Waals surface area contributed by atoms with Gasteiger partial charge in [-0.1, -0.05) is 0 Å². The van der Waals surface area contributed by atoms with E-state index < -0.39 is 55.3 Å². The van der Waals surface area contributed by atoms with Gasteiger partial charge in [0.05, 0.1) is 12.9 Å². The molecular formula is C10H18N4O8. The lowest BCUT2D eigenvalue weighted by Crippen LogP contribution is -2.65. The maximum Gasteiger partial charge on any atom is 0.323 e. The fourth-order valence-electron chi connectivity index (χ4n) is 2.54. The summed E-state index contributed by atoms with van der Waals surface area (Å²) in [6.07, 6.45) is -4.01. The molecule has 3 amide bonds. The third-order valence-corrected chi connectivity index (χ3v) is 3.58. The Labute approximate surface area is 124 Å². The zero-order chi connectivity index (χ0) is 14.4. The van der Waals surface area contributed by atoms with Crippen LogP contribution in [0.1, 0.15) is 0 Å². The molecule has 6 unspecified atom stereocenters. The average Bonchev–Trinajstić information content (AvgIpc) is 2.93. The second-order valence-electron chi connectivity index (χ2n) is 4.79. The molecule has 3 aliphatic rings. The minimum absolute atomic E-state index is 0. The number of aliphatic hydroxyl groups excluding tert-OH is 3. The van der Waals surface area contributed by atoms with Gasteiger partial charge in [-0.25, -0.2) is 4.79 Å². The van der Waals surface area contributed by atoms with E-state index in [2.05, 4.69) is 15.6 Å². The van der Waals surface area contributed by atoms with Crippen LogP contribution in [0.25, 0.3) is 0 Å². The van der Waals surface area contributed by atoms with Gasteiger partial charge in [0.1, 0.15) is 24.5 Å². The number of hydrogen-bond acceptors (Lipinski definition) is 8. The van der Waals surface area contributed by atoms with Crippen molar-refractivity contribution in [2.75, 3.05) is 6.61 Å². The monoisotopic (exact) mass is 322 g/mol. The molecule has 3 heterocycles. The van der Waals surface area contributed by atoms with Gasteiger partial charge in [0.25, 0.3) is 5.91 Å². The molecule has 3 rings (SSSR count). The number of imide groups is 1. The van der Waals surface area contributed by atoms with Crippen molar-refractivity contribution in [1.29, 1.82) is 0 Å². The molecule has 6 atom stereocenters. The molecule has 0 radical (unpaired) electrons. The van der Waals surface area contributed by atoms with Crippen LogP contribution in [0.2, 0.25) is 0 Å². The van der Waals surface area contributed by atoms with Gasteiger partial charge in [-0.15, -0.1) is 0 Å². The fraction of sp³-hybridized carbons (Fsp3) is 0.700. The summed E-state index contributed by atoms with van der Waals surface area (Å²) in [5, 5.41) is 33.3. The van der Waals surface area contributed by atoms with Crippen LogP contribution in [0, 0.1) is 0 Å². The van der Waals surface area contributed by atoms with Crippen LogP contribution in [0.5, 0.6) is 0 Å². The number of carbonyl (C=O) groups excluding carboxylic acids is 2. The number of carbonyl (C=O) groups is 2. The molecule has 12 heteroatoms. The number of aliphatic hydroxyl groups is 3. The molecule has 2 fully saturated rings. The smallest absolute Gasteiger partial charge is 0.323 e. The molecule has 9 N–H and O–H groups in total. The van der Waals surface area contributed by atoms with Crippen LogP contribution in [0.3, 0.4) is 0 Å². The van der Waals surface area contributed by atoms with Gasteiger partial charge >= 0.3 is 6.03 Å². The Morgan fingerprint density at radius 1 is 1.27 bits per heavy atom. The Balaban J connectivity index is 0.00000121. The second-order valence-corrected chi connectivity index (χ2v) is 4.79. The highest BCUT2D eigenvalue weighted by Crippen LogP contribution is 2.28. The van der Waals surface area contributed by atoms with Crippen molar-refractivity contribution < 1.29 is 40.6 Å². The van der Waals surface area contributed by atoms with E-state index in [4.69, 9.17) is 9.84 Å². The Bertz CT molecular complexity index is 474. The van der Waals surface area contributed by atoms with Crippen molar-refractivity contribution in [3.8, 4) is 0 Å². The van der Waals surface area contributed by atoms with E-state index in [1.807, 2.05) is 0 Å². The Morgan fingerprint density at radius 2 is 1.95 bits per heavy atom. The van der Waals surface area contributed by atoms with Crippen molar-refractivity contribution in [1.82, 2.24) is 15.5 Å². The Hall–Kier alpha value is -1.83. The number of amides is 3. The van der Waals surface area contributed by atoms with E-state index in [1.165, 1.54) is 11.2 Å². The molecular weight excluding hydrogens is 304 g/mol. The van der Waals surface area contributed by atoms with E-state index in [-0.39, 0.29) is 11.0 Å². The van der Waals surface area contributed by atoms with Gasteiger partial charge in [0, 0.05) is 0 Å². The summed E-state index contributed by atoms with van der Waals surface area (Å²) in [5.74, 6) is -0.552. The van der Waals surface area contributed by atoms with Crippen molar-refractivity contribution >= 4 is 18.3 Å². The molecule has 126 valence electrons. The topological polar surface area (TPSA) is 207 Å². The predicted molar refractivity (Wildman–Crippen MR) is 69.6 cm³/mol. The first kappa shape index (κ1) is 18.2. The quantitative estimate of drug-likeness (QED) is 0.333. The highest BCUT2D eigenvalue weighted by molar-refractivity contribution is 6.01. The van der Waals surface area contributed by atoms with E-state index in [1.54, 1.807) is 0 Å². The molecule has 12 nitrogen and oxygen atoms in total. The summed E-state index contributed by atoms with van der Waals surface area (Å²) in [7, 11) is 0. The predicted octanol–water partition coefficient (Wildman–Crippen LogP) is -5.35. The van der Waals surface area contributed by atoms with E-state index >= 15 is 0 Å². The van der Waals surface area contributed by atoms with E-state index in [0.717, 1.165) is 0 Å². The van der Waals surface area contributed by atoms with Crippen molar-refractivity contribution in [3.63, 3.8) is 0 Å². The van der Waals surface area contributed by atoms with Gasteiger partial charge in [-0.05, 0) is 0 Å². The van der Waals surface area contributed by atoms with Gasteiger partial charge in [-0.2, -0.15) is 0 Å². The van der Waals surface area contributed by atoms with Crippen molar-refractivity contribution in [3.05, 3.63) is 0 Å². The zero-order valence-corrected chi connectivity index (χ0v) is 11.2. The first-order valence-corrected chi connectivity index (χ1v) is 6.07. The molecule has 0 bridgehead atoms. The number of hydrogen-bond donors (Lipinski definition) is 5. The first-order valence-electron chi connectivity index (χ1n) is 6.07. The van der Waals surface area contributed by atoms with Gasteiger partial charge in [-0.3, -0.25) is 15.1 Å². The minimum atomic E-state index is -1.29. The minimum Gasteiger partial charge on any atom is -0.412 e. The number of urea groups is 1. The van der Waals surface area contributed by atoms with Crippen LogP contribution < -0.4 is 10.6 Å². The number of rotatable bonds is 2. The van der Waals surface area contributed by atoms with Crippen LogP contribution in [-0.4, -0.2) is 92.8 Å². The van der Waals surface area contributed by atoms with Gasteiger partial charge in [0.15, 0.2) is 12.3 Å². The molecule has 0 aromatic carbocycles. The largest absolute Gasteiger partial charge is 0.412 e. The molecule has 0 aliphatic carbocycles. The van der Waals surface area contributed by atoms with E-state index in [9.17, 15) is 19.8 Å². The third-order valence-electron chi connectivity index (χ3n) is 3.58. The number of fused-ring (bicyclic) bond motifs is 1. The average molecular weight is 322 g/mol. The van der Waals surface area contributed by atoms with Crippen LogP contribution >= 0.6 is 0 Å². The summed E-state index contributed by atoms with van der Waals surface area (Å²) in [6.45, 7) is -0.458. The molecule has 0 spiro atoms. The standard InChI is InChI=1S/C10H14N4O6.2H2O/c15-1-3-5(16)6(17)9(20-3)14-2-11-4-7(14)12-10(19)13-8(4)18;;/h2-7,9,15-17H,1H2,(H2,12,13,18,19);2*1H2. The molecule has 0 saturated carbocycles. The SMILES string of the molecule is O.O.O=C1NC(=O)C2N=CN(C3OC(CO)C(O)C3O)C2N1. The van der Waals surface area contributed by atoms with Crippen LogP contribution in [-0.2, 0) is 9.53 Å². The summed E-state index contributed by atoms with van der Waals surface area (Å²) in [4.78, 5) is 28.2. The number of nitrogens with zero attached hydrogens (tertiary/aromatic N) is 2. The summed E-state index contributed by atoms with van der Waals surface area (Å²) in [6, 6.07) is -1.51. The van der Waals surface area contributed by atoms with Crippen molar-refractivity contribution in [2.24, 2.45) is 4.99 Å². The lowest BCUT2D eigenvalue weighted by molar-refractivity contribution is -0.125. The number of ether oxygens (including phenoxy) is 1. The molecule has 2 saturated heterocycles. The summed E-state index contributed by atoms with van der Waals surface area (Å²) in [5.41, 5.74) is 0. The highest BCUT2D eigenvalue weighted by atomic mass is 16.6.